The summed E-state index contributed by atoms with van der Waals surface area (Å²) >= 11 is 0. The Labute approximate surface area is 123 Å². The van der Waals surface area contributed by atoms with Gasteiger partial charge in [0, 0.05) is 0 Å². The van der Waals surface area contributed by atoms with E-state index >= 15 is 0 Å². The van der Waals surface area contributed by atoms with Gasteiger partial charge >= 0.3 is 23.1 Å². The fraction of sp³-hybridized carbons (Fsp3) is 1.00. The van der Waals surface area contributed by atoms with Crippen molar-refractivity contribution in [2.75, 3.05) is 0 Å². The van der Waals surface area contributed by atoms with Crippen molar-refractivity contribution < 1.29 is 2.85 Å². The zero-order chi connectivity index (χ0) is 11.2. The van der Waals surface area contributed by atoms with Crippen LogP contribution in [0.4, 0.5) is 0 Å². The SMILES string of the molecule is CCCCCCCCCCCCCCC.[H-].[H-].[Mg+2]. The summed E-state index contributed by atoms with van der Waals surface area (Å²) in [6.07, 6.45) is 18.9. The molecule has 0 amide bonds. The van der Waals surface area contributed by atoms with E-state index in [1.807, 2.05) is 0 Å². The van der Waals surface area contributed by atoms with Crippen molar-refractivity contribution in [3.63, 3.8) is 0 Å². The zero-order valence-electron chi connectivity index (χ0n) is 13.9. The first-order valence-corrected chi connectivity index (χ1v) is 7.41. The van der Waals surface area contributed by atoms with E-state index in [-0.39, 0.29) is 25.9 Å². The van der Waals surface area contributed by atoms with E-state index in [9.17, 15) is 0 Å². The molecular weight excluding hydrogens is 204 g/mol. The van der Waals surface area contributed by atoms with Gasteiger partial charge in [-0.1, -0.05) is 97.3 Å². The molecule has 1 heteroatoms. The average molecular weight is 239 g/mol. The molecule has 0 heterocycles. The molecule has 0 aromatic carbocycles. The van der Waals surface area contributed by atoms with Crippen molar-refractivity contribution in [3.05, 3.63) is 0 Å². The Bertz CT molecular complexity index is 98.7. The molecule has 96 valence electrons. The van der Waals surface area contributed by atoms with Gasteiger partial charge in [-0.15, -0.1) is 0 Å². The third-order valence-corrected chi connectivity index (χ3v) is 3.21. The van der Waals surface area contributed by atoms with Crippen LogP contribution in [-0.2, 0) is 0 Å². The van der Waals surface area contributed by atoms with Crippen LogP contribution in [0.1, 0.15) is 100 Å². The summed E-state index contributed by atoms with van der Waals surface area (Å²) in [5, 5.41) is 0. The molecule has 0 nitrogen and oxygen atoms in total. The molecule has 0 aromatic rings. The van der Waals surface area contributed by atoms with Crippen molar-refractivity contribution in [2.45, 2.75) is 97.3 Å². The molecule has 0 saturated carbocycles. The van der Waals surface area contributed by atoms with Gasteiger partial charge in [-0.2, -0.15) is 0 Å². The van der Waals surface area contributed by atoms with E-state index in [1.54, 1.807) is 0 Å². The van der Waals surface area contributed by atoms with Crippen LogP contribution in [0.3, 0.4) is 0 Å². The Kier molecular flexibility index (Phi) is 21.7. The van der Waals surface area contributed by atoms with Gasteiger partial charge in [-0.3, -0.25) is 0 Å². The maximum Gasteiger partial charge on any atom is 2.00 e. The van der Waals surface area contributed by atoms with Crippen LogP contribution in [-0.4, -0.2) is 23.1 Å². The van der Waals surface area contributed by atoms with Gasteiger partial charge in [-0.25, -0.2) is 0 Å². The molecule has 0 unspecified atom stereocenters. The van der Waals surface area contributed by atoms with Crippen LogP contribution in [0, 0.1) is 0 Å². The smallest absolute Gasteiger partial charge is 1.00 e. The molecule has 0 aromatic heterocycles. The minimum atomic E-state index is 0. The number of hydrogen-bond donors (Lipinski definition) is 0. The van der Waals surface area contributed by atoms with Crippen LogP contribution in [0.2, 0.25) is 0 Å². The molecule has 0 bridgehead atoms. The Hall–Kier alpha value is 0.766. The van der Waals surface area contributed by atoms with Crippen LogP contribution in [0.5, 0.6) is 0 Å². The van der Waals surface area contributed by atoms with E-state index in [0.717, 1.165) is 0 Å². The summed E-state index contributed by atoms with van der Waals surface area (Å²) in [4.78, 5) is 0. The first-order valence-electron chi connectivity index (χ1n) is 7.41. The fourth-order valence-corrected chi connectivity index (χ4v) is 2.09. The fourth-order valence-electron chi connectivity index (χ4n) is 2.09. The van der Waals surface area contributed by atoms with E-state index in [1.165, 1.54) is 83.5 Å². The summed E-state index contributed by atoms with van der Waals surface area (Å²) in [6, 6.07) is 0. The molecule has 0 fully saturated rings. The Balaban J connectivity index is -0.000000327. The second-order valence-corrected chi connectivity index (χ2v) is 4.89. The first-order chi connectivity index (χ1) is 7.41. The standard InChI is InChI=1S/C15H32.Mg.2H/c1-3-5-7-9-11-13-15-14-12-10-8-6-4-2;;;/h3-15H2,1-2H3;;;/q;+2;2*-1. The predicted octanol–water partition coefficient (Wildman–Crippen LogP) is 5.94. The Morgan fingerprint density at radius 3 is 0.812 bits per heavy atom. The van der Waals surface area contributed by atoms with Gasteiger partial charge in [0.2, 0.25) is 0 Å². The zero-order valence-corrected chi connectivity index (χ0v) is 13.3. The third kappa shape index (κ3) is 17.2. The topological polar surface area (TPSA) is 0 Å². The third-order valence-electron chi connectivity index (χ3n) is 3.21. The van der Waals surface area contributed by atoms with Crippen LogP contribution in [0.25, 0.3) is 0 Å². The van der Waals surface area contributed by atoms with Crippen molar-refractivity contribution in [2.24, 2.45) is 0 Å². The van der Waals surface area contributed by atoms with E-state index in [4.69, 9.17) is 0 Å². The van der Waals surface area contributed by atoms with Crippen LogP contribution < -0.4 is 0 Å². The van der Waals surface area contributed by atoms with Gasteiger partial charge in [-0.05, 0) is 0 Å². The molecule has 16 heavy (non-hydrogen) atoms. The minimum Gasteiger partial charge on any atom is -1.00 e. The second kappa shape index (κ2) is 18.1. The first kappa shape index (κ1) is 19.1. The van der Waals surface area contributed by atoms with Crippen LogP contribution in [0.15, 0.2) is 0 Å². The predicted molar refractivity (Wildman–Crippen MR) is 79.3 cm³/mol. The number of rotatable bonds is 12. The minimum absolute atomic E-state index is 0. The summed E-state index contributed by atoms with van der Waals surface area (Å²) in [5.74, 6) is 0. The maximum atomic E-state index is 2.29. The molecule has 0 rings (SSSR count). The molecule has 0 saturated heterocycles. The maximum absolute atomic E-state index is 2.29. The average Bonchev–Trinajstić information content (AvgIpc) is 2.26. The van der Waals surface area contributed by atoms with Crippen molar-refractivity contribution in [1.29, 1.82) is 0 Å². The van der Waals surface area contributed by atoms with Crippen molar-refractivity contribution >= 4 is 23.1 Å². The van der Waals surface area contributed by atoms with Crippen molar-refractivity contribution in [3.8, 4) is 0 Å². The summed E-state index contributed by atoms with van der Waals surface area (Å²) in [6.45, 7) is 4.58. The summed E-state index contributed by atoms with van der Waals surface area (Å²) in [7, 11) is 0. The van der Waals surface area contributed by atoms with Gasteiger partial charge in [0.15, 0.2) is 0 Å². The molecule has 0 aliphatic rings. The molecule has 0 atom stereocenters. The quantitative estimate of drug-likeness (QED) is 0.291. The molecule has 0 aliphatic heterocycles. The summed E-state index contributed by atoms with van der Waals surface area (Å²) in [5.41, 5.74) is 0. The number of unbranched alkanes of at least 4 members (excludes halogenated alkanes) is 12. The van der Waals surface area contributed by atoms with Crippen molar-refractivity contribution in [1.82, 2.24) is 0 Å². The summed E-state index contributed by atoms with van der Waals surface area (Å²) < 4.78 is 0. The van der Waals surface area contributed by atoms with E-state index in [2.05, 4.69) is 13.8 Å². The van der Waals surface area contributed by atoms with E-state index < -0.39 is 0 Å². The van der Waals surface area contributed by atoms with Gasteiger partial charge < -0.3 is 2.85 Å². The molecule has 0 spiro atoms. The molecule has 0 N–H and O–H groups in total. The van der Waals surface area contributed by atoms with Gasteiger partial charge in [0.1, 0.15) is 0 Å². The monoisotopic (exact) mass is 238 g/mol. The molecular formula is C15H34Mg. The van der Waals surface area contributed by atoms with Gasteiger partial charge in [0.05, 0.1) is 0 Å². The van der Waals surface area contributed by atoms with Crippen LogP contribution >= 0.6 is 0 Å². The number of hydrogen-bond acceptors (Lipinski definition) is 0. The largest absolute Gasteiger partial charge is 2.00 e. The Morgan fingerprint density at radius 2 is 0.625 bits per heavy atom. The second-order valence-electron chi connectivity index (χ2n) is 4.89. The van der Waals surface area contributed by atoms with Gasteiger partial charge in [0.25, 0.3) is 0 Å². The van der Waals surface area contributed by atoms with E-state index in [0.29, 0.717) is 0 Å². The Morgan fingerprint density at radius 1 is 0.438 bits per heavy atom. The molecule has 0 radical (unpaired) electrons. The normalized spacial score (nSPS) is 10.1. The molecule has 0 aliphatic carbocycles.